The molecule has 0 atom stereocenters. The normalized spacial score (nSPS) is 10.7. The Bertz CT molecular complexity index is 946. The van der Waals surface area contributed by atoms with Crippen LogP contribution in [-0.2, 0) is 13.2 Å². The lowest BCUT2D eigenvalue weighted by Gasteiger charge is -2.14. The monoisotopic (exact) mass is 329 g/mol. The Morgan fingerprint density at radius 2 is 1.28 bits per heavy atom. The molecule has 4 aromatic rings. The molecule has 0 aliphatic rings. The van der Waals surface area contributed by atoms with Crippen LogP contribution in [0.5, 0.6) is 11.5 Å². The van der Waals surface area contributed by atoms with E-state index in [1.165, 1.54) is 0 Å². The second-order valence-corrected chi connectivity index (χ2v) is 5.88. The van der Waals surface area contributed by atoms with E-state index < -0.39 is 0 Å². The number of benzene rings is 3. The molecule has 4 rings (SSSR count). The minimum atomic E-state index is 0.501. The van der Waals surface area contributed by atoms with Gasteiger partial charge in [-0.25, -0.2) is 0 Å². The van der Waals surface area contributed by atoms with E-state index in [2.05, 4.69) is 29.2 Å². The molecule has 0 saturated carbocycles. The van der Waals surface area contributed by atoms with Crippen molar-refractivity contribution in [2.24, 2.45) is 0 Å². The van der Waals surface area contributed by atoms with Crippen LogP contribution >= 0.6 is 0 Å². The summed E-state index contributed by atoms with van der Waals surface area (Å²) >= 11 is 0. The molecule has 0 fully saturated rings. The molecule has 0 radical (unpaired) electrons. The number of hydrogen-bond acceptors (Lipinski definition) is 2. The van der Waals surface area contributed by atoms with Gasteiger partial charge in [0, 0.05) is 11.6 Å². The van der Waals surface area contributed by atoms with E-state index in [9.17, 15) is 0 Å². The van der Waals surface area contributed by atoms with Crippen molar-refractivity contribution in [1.82, 2.24) is 4.98 Å². The minimum Gasteiger partial charge on any atom is -0.485 e. The van der Waals surface area contributed by atoms with E-state index in [4.69, 9.17) is 9.47 Å². The van der Waals surface area contributed by atoms with Crippen LogP contribution in [0.4, 0.5) is 0 Å². The highest BCUT2D eigenvalue weighted by Crippen LogP contribution is 2.36. The zero-order chi connectivity index (χ0) is 16.9. The Kier molecular flexibility index (Phi) is 4.38. The Hall–Kier alpha value is -3.20. The van der Waals surface area contributed by atoms with Crippen LogP contribution in [0.1, 0.15) is 11.1 Å². The molecule has 3 nitrogen and oxygen atoms in total. The fourth-order valence-corrected chi connectivity index (χ4v) is 2.80. The SMILES string of the molecule is c1ccc(COc2ccc3cc[nH]c3c2OCc2ccccc2)cc1. The van der Waals surface area contributed by atoms with Gasteiger partial charge in [0.1, 0.15) is 13.2 Å². The van der Waals surface area contributed by atoms with Crippen LogP contribution in [-0.4, -0.2) is 4.98 Å². The molecule has 25 heavy (non-hydrogen) atoms. The first-order chi connectivity index (χ1) is 12.4. The molecule has 0 aliphatic heterocycles. The van der Waals surface area contributed by atoms with E-state index in [1.54, 1.807) is 0 Å². The zero-order valence-electron chi connectivity index (χ0n) is 13.8. The number of ether oxygens (including phenoxy) is 2. The predicted molar refractivity (Wildman–Crippen MR) is 99.8 cm³/mol. The summed E-state index contributed by atoms with van der Waals surface area (Å²) in [6.07, 6.45) is 1.92. The molecule has 0 saturated heterocycles. The van der Waals surface area contributed by atoms with E-state index in [-0.39, 0.29) is 0 Å². The van der Waals surface area contributed by atoms with Gasteiger partial charge in [-0.15, -0.1) is 0 Å². The summed E-state index contributed by atoms with van der Waals surface area (Å²) in [6, 6.07) is 26.3. The topological polar surface area (TPSA) is 34.2 Å². The van der Waals surface area contributed by atoms with Crippen LogP contribution < -0.4 is 9.47 Å². The minimum absolute atomic E-state index is 0.501. The highest BCUT2D eigenvalue weighted by atomic mass is 16.5. The van der Waals surface area contributed by atoms with Crippen molar-refractivity contribution in [3.05, 3.63) is 96.2 Å². The van der Waals surface area contributed by atoms with E-state index in [0.717, 1.165) is 33.5 Å². The summed E-state index contributed by atoms with van der Waals surface area (Å²) < 4.78 is 12.2. The van der Waals surface area contributed by atoms with Crippen molar-refractivity contribution in [1.29, 1.82) is 0 Å². The van der Waals surface area contributed by atoms with Crippen LogP contribution in [0, 0.1) is 0 Å². The molecule has 0 aliphatic carbocycles. The molecule has 0 bridgehead atoms. The van der Waals surface area contributed by atoms with Crippen molar-refractivity contribution in [2.45, 2.75) is 13.2 Å². The van der Waals surface area contributed by atoms with Crippen molar-refractivity contribution >= 4 is 10.9 Å². The number of hydrogen-bond donors (Lipinski definition) is 1. The second kappa shape index (κ2) is 7.14. The Morgan fingerprint density at radius 1 is 0.640 bits per heavy atom. The molecule has 3 aromatic carbocycles. The molecule has 124 valence electrons. The first-order valence-electron chi connectivity index (χ1n) is 8.34. The molecule has 1 heterocycles. The molecule has 0 unspecified atom stereocenters. The first kappa shape index (κ1) is 15.3. The van der Waals surface area contributed by atoms with Crippen LogP contribution in [0.25, 0.3) is 10.9 Å². The van der Waals surface area contributed by atoms with E-state index in [1.807, 2.05) is 60.8 Å². The fraction of sp³-hybridized carbons (Fsp3) is 0.0909. The van der Waals surface area contributed by atoms with Gasteiger partial charge in [-0.3, -0.25) is 0 Å². The molecular formula is C22H19NO2. The number of aromatic nitrogens is 1. The summed E-state index contributed by atoms with van der Waals surface area (Å²) in [5, 5.41) is 1.11. The van der Waals surface area contributed by atoms with Gasteiger partial charge in [-0.2, -0.15) is 0 Å². The van der Waals surface area contributed by atoms with Crippen LogP contribution in [0.15, 0.2) is 85.1 Å². The second-order valence-electron chi connectivity index (χ2n) is 5.88. The largest absolute Gasteiger partial charge is 0.485 e. The van der Waals surface area contributed by atoms with Gasteiger partial charge in [-0.05, 0) is 29.3 Å². The molecule has 1 N–H and O–H groups in total. The van der Waals surface area contributed by atoms with Crippen molar-refractivity contribution in [2.75, 3.05) is 0 Å². The summed E-state index contributed by atoms with van der Waals surface area (Å²) in [4.78, 5) is 3.26. The Morgan fingerprint density at radius 3 is 1.96 bits per heavy atom. The van der Waals surface area contributed by atoms with Crippen molar-refractivity contribution in [3.8, 4) is 11.5 Å². The quantitative estimate of drug-likeness (QED) is 0.519. The van der Waals surface area contributed by atoms with Gasteiger partial charge in [0.15, 0.2) is 11.5 Å². The summed E-state index contributed by atoms with van der Waals surface area (Å²) in [5.74, 6) is 1.50. The maximum Gasteiger partial charge on any atom is 0.185 e. The summed E-state index contributed by atoms with van der Waals surface area (Å²) in [5.41, 5.74) is 3.21. The standard InChI is InChI=1S/C22H19NO2/c1-3-7-17(8-4-1)15-24-20-12-11-19-13-14-23-21(19)22(20)25-16-18-9-5-2-6-10-18/h1-14,23H,15-16H2. The van der Waals surface area contributed by atoms with Gasteiger partial charge in [0.25, 0.3) is 0 Å². The van der Waals surface area contributed by atoms with Crippen LogP contribution in [0.2, 0.25) is 0 Å². The average molecular weight is 329 g/mol. The number of nitrogens with one attached hydrogen (secondary N) is 1. The van der Waals surface area contributed by atoms with Crippen molar-refractivity contribution in [3.63, 3.8) is 0 Å². The average Bonchev–Trinajstić information content (AvgIpc) is 3.15. The molecule has 3 heteroatoms. The number of fused-ring (bicyclic) bond motifs is 1. The molecule has 1 aromatic heterocycles. The highest BCUT2D eigenvalue weighted by Gasteiger charge is 2.12. The molecule has 0 amide bonds. The third kappa shape index (κ3) is 3.50. The van der Waals surface area contributed by atoms with Gasteiger partial charge in [0.2, 0.25) is 0 Å². The lowest BCUT2D eigenvalue weighted by atomic mass is 10.2. The predicted octanol–water partition coefficient (Wildman–Crippen LogP) is 5.33. The third-order valence-corrected chi connectivity index (χ3v) is 4.11. The van der Waals surface area contributed by atoms with Gasteiger partial charge in [0.05, 0.1) is 5.52 Å². The highest BCUT2D eigenvalue weighted by molar-refractivity contribution is 5.87. The Balaban J connectivity index is 1.59. The Labute approximate surface area is 146 Å². The van der Waals surface area contributed by atoms with E-state index >= 15 is 0 Å². The number of H-pyrrole nitrogens is 1. The summed E-state index contributed by atoms with van der Waals surface area (Å²) in [6.45, 7) is 1.01. The zero-order valence-corrected chi connectivity index (χ0v) is 13.8. The van der Waals surface area contributed by atoms with Crippen LogP contribution in [0.3, 0.4) is 0 Å². The van der Waals surface area contributed by atoms with Crippen molar-refractivity contribution < 1.29 is 9.47 Å². The van der Waals surface area contributed by atoms with Gasteiger partial charge >= 0.3 is 0 Å². The smallest absolute Gasteiger partial charge is 0.185 e. The third-order valence-electron chi connectivity index (χ3n) is 4.11. The summed E-state index contributed by atoms with van der Waals surface area (Å²) in [7, 11) is 0. The van der Waals surface area contributed by atoms with Gasteiger partial charge in [-0.1, -0.05) is 60.7 Å². The maximum absolute atomic E-state index is 6.13. The molecule has 0 spiro atoms. The van der Waals surface area contributed by atoms with E-state index in [0.29, 0.717) is 13.2 Å². The molecular weight excluding hydrogens is 310 g/mol. The maximum atomic E-state index is 6.13. The lowest BCUT2D eigenvalue weighted by Crippen LogP contribution is -2.01. The number of rotatable bonds is 6. The lowest BCUT2D eigenvalue weighted by molar-refractivity contribution is 0.258. The fourth-order valence-electron chi connectivity index (χ4n) is 2.80. The van der Waals surface area contributed by atoms with Gasteiger partial charge < -0.3 is 14.5 Å². The first-order valence-corrected chi connectivity index (χ1v) is 8.34. The number of aromatic amines is 1.